The standard InChI is InChI=1S/C19H14I2N2O2/c20-15-8-14(19(25)17(21)10-15)11-23(22)18(24)9-13-6-3-5-12-4-1-2-7-16(12)13/h1-8,10-11H,9,22H2/b14-11-. The van der Waals surface area contributed by atoms with Crippen LogP contribution in [0.1, 0.15) is 5.56 Å². The molecule has 0 bridgehead atoms. The van der Waals surface area contributed by atoms with Gasteiger partial charge in [-0.15, -0.1) is 0 Å². The van der Waals surface area contributed by atoms with E-state index in [0.29, 0.717) is 9.15 Å². The molecular weight excluding hydrogens is 542 g/mol. The number of ketones is 1. The third kappa shape index (κ3) is 4.18. The second-order valence-electron chi connectivity index (χ2n) is 5.55. The third-order valence-corrected chi connectivity index (χ3v) is 5.25. The molecule has 1 amide bonds. The van der Waals surface area contributed by atoms with E-state index in [1.165, 1.54) is 6.20 Å². The highest BCUT2D eigenvalue weighted by Crippen LogP contribution is 2.27. The van der Waals surface area contributed by atoms with E-state index >= 15 is 0 Å². The zero-order valence-electron chi connectivity index (χ0n) is 13.1. The Balaban J connectivity index is 1.83. The zero-order valence-corrected chi connectivity index (χ0v) is 17.4. The van der Waals surface area contributed by atoms with Crippen molar-refractivity contribution in [1.29, 1.82) is 0 Å². The monoisotopic (exact) mass is 556 g/mol. The van der Waals surface area contributed by atoms with Gasteiger partial charge in [-0.2, -0.15) is 0 Å². The summed E-state index contributed by atoms with van der Waals surface area (Å²) in [6.07, 6.45) is 5.08. The Bertz CT molecular complexity index is 956. The maximum absolute atomic E-state index is 12.5. The number of benzene rings is 2. The molecule has 2 aromatic carbocycles. The summed E-state index contributed by atoms with van der Waals surface area (Å²) in [4.78, 5) is 24.7. The summed E-state index contributed by atoms with van der Waals surface area (Å²) in [6.45, 7) is 0. The van der Waals surface area contributed by atoms with Crippen molar-refractivity contribution in [2.45, 2.75) is 6.42 Å². The number of halogens is 2. The van der Waals surface area contributed by atoms with Crippen LogP contribution in [0.5, 0.6) is 0 Å². The van der Waals surface area contributed by atoms with Crippen molar-refractivity contribution in [3.8, 4) is 0 Å². The third-order valence-electron chi connectivity index (χ3n) is 3.82. The molecule has 0 aromatic heterocycles. The van der Waals surface area contributed by atoms with Crippen LogP contribution in [0.15, 0.2) is 73.5 Å². The van der Waals surface area contributed by atoms with Gasteiger partial charge in [0.15, 0.2) is 0 Å². The minimum atomic E-state index is -0.273. The Hall–Kier alpha value is -1.52. The molecule has 25 heavy (non-hydrogen) atoms. The number of rotatable bonds is 3. The predicted molar refractivity (Wildman–Crippen MR) is 116 cm³/mol. The van der Waals surface area contributed by atoms with Gasteiger partial charge in [-0.25, -0.2) is 5.84 Å². The van der Waals surface area contributed by atoms with Gasteiger partial charge in [0.25, 0.3) is 0 Å². The fourth-order valence-electron chi connectivity index (χ4n) is 2.60. The fourth-order valence-corrected chi connectivity index (χ4v) is 4.49. The molecule has 1 aliphatic carbocycles. The van der Waals surface area contributed by atoms with E-state index in [0.717, 1.165) is 24.9 Å². The summed E-state index contributed by atoms with van der Waals surface area (Å²) in [6, 6.07) is 13.8. The Labute approximate surface area is 172 Å². The predicted octanol–water partition coefficient (Wildman–Crippen LogP) is 4.19. The molecule has 0 saturated heterocycles. The smallest absolute Gasteiger partial charge is 0.245 e. The number of fused-ring (bicyclic) bond motifs is 1. The van der Waals surface area contributed by atoms with E-state index in [-0.39, 0.29) is 18.1 Å². The van der Waals surface area contributed by atoms with E-state index in [1.807, 2.05) is 65.1 Å². The molecule has 2 N–H and O–H groups in total. The van der Waals surface area contributed by atoms with Crippen molar-refractivity contribution >= 4 is 67.6 Å². The van der Waals surface area contributed by atoms with Gasteiger partial charge >= 0.3 is 0 Å². The average Bonchev–Trinajstić information content (AvgIpc) is 2.59. The Morgan fingerprint density at radius 2 is 1.80 bits per heavy atom. The molecule has 2 aromatic rings. The van der Waals surface area contributed by atoms with Crippen LogP contribution in [0.2, 0.25) is 0 Å². The average molecular weight is 556 g/mol. The van der Waals surface area contributed by atoms with Crippen LogP contribution in [0, 0.1) is 0 Å². The molecule has 0 fully saturated rings. The van der Waals surface area contributed by atoms with Crippen molar-refractivity contribution in [2.75, 3.05) is 0 Å². The van der Waals surface area contributed by atoms with Crippen molar-refractivity contribution in [1.82, 2.24) is 5.01 Å². The molecule has 4 nitrogen and oxygen atoms in total. The zero-order chi connectivity index (χ0) is 18.0. The molecule has 0 atom stereocenters. The lowest BCUT2D eigenvalue weighted by Crippen LogP contribution is -2.34. The Morgan fingerprint density at radius 1 is 1.08 bits per heavy atom. The molecule has 6 heteroatoms. The molecule has 0 saturated carbocycles. The molecule has 0 spiro atoms. The van der Waals surface area contributed by atoms with Crippen molar-refractivity contribution in [3.63, 3.8) is 0 Å². The van der Waals surface area contributed by atoms with Gasteiger partial charge in [0.1, 0.15) is 0 Å². The summed E-state index contributed by atoms with van der Waals surface area (Å²) in [5.41, 5.74) is 1.32. The normalized spacial score (nSPS) is 16.0. The molecular formula is C19H14I2N2O2. The number of hydrogen-bond acceptors (Lipinski definition) is 3. The van der Waals surface area contributed by atoms with Gasteiger partial charge < -0.3 is 0 Å². The Morgan fingerprint density at radius 3 is 2.60 bits per heavy atom. The molecule has 0 aliphatic heterocycles. The second kappa shape index (κ2) is 7.79. The highest BCUT2D eigenvalue weighted by molar-refractivity contribution is 14.1. The Kier molecular flexibility index (Phi) is 5.70. The lowest BCUT2D eigenvalue weighted by atomic mass is 10.0. The second-order valence-corrected chi connectivity index (χ2v) is 7.96. The quantitative estimate of drug-likeness (QED) is 0.203. The first-order valence-electron chi connectivity index (χ1n) is 7.50. The van der Waals surface area contributed by atoms with Crippen LogP contribution in [-0.2, 0) is 16.0 Å². The number of amides is 1. The van der Waals surface area contributed by atoms with E-state index in [2.05, 4.69) is 22.6 Å². The van der Waals surface area contributed by atoms with Gasteiger partial charge in [-0.1, -0.05) is 42.5 Å². The van der Waals surface area contributed by atoms with Crippen LogP contribution in [-0.4, -0.2) is 16.7 Å². The lowest BCUT2D eigenvalue weighted by molar-refractivity contribution is -0.128. The minimum absolute atomic E-state index is 0.130. The van der Waals surface area contributed by atoms with Gasteiger partial charge in [-0.3, -0.25) is 14.6 Å². The number of nitrogens with two attached hydrogens (primary N) is 1. The number of nitrogens with zero attached hydrogens (tertiary/aromatic N) is 1. The molecule has 3 rings (SSSR count). The number of Topliss-reactive ketones (excluding diaryl/α,β-unsaturated/α-hetero) is 1. The van der Waals surface area contributed by atoms with E-state index in [4.69, 9.17) is 5.84 Å². The maximum atomic E-state index is 12.5. The van der Waals surface area contributed by atoms with E-state index in [9.17, 15) is 9.59 Å². The largest absolute Gasteiger partial charge is 0.288 e. The lowest BCUT2D eigenvalue weighted by Gasteiger charge is -2.15. The van der Waals surface area contributed by atoms with Gasteiger partial charge in [0.2, 0.25) is 11.7 Å². The minimum Gasteiger partial charge on any atom is -0.288 e. The molecule has 0 unspecified atom stereocenters. The molecule has 0 heterocycles. The summed E-state index contributed by atoms with van der Waals surface area (Å²) in [5, 5.41) is 3.11. The number of hydrogen-bond donors (Lipinski definition) is 1. The topological polar surface area (TPSA) is 63.4 Å². The number of carbonyl (C=O) groups is 2. The fraction of sp³-hybridized carbons (Fsp3) is 0.0526. The summed E-state index contributed by atoms with van der Waals surface area (Å²) in [7, 11) is 0. The summed E-state index contributed by atoms with van der Waals surface area (Å²) < 4.78 is 1.52. The highest BCUT2D eigenvalue weighted by Gasteiger charge is 2.19. The van der Waals surface area contributed by atoms with Gasteiger partial charge in [-0.05, 0) is 73.7 Å². The molecule has 0 radical (unpaired) electrons. The van der Waals surface area contributed by atoms with Gasteiger partial charge in [0.05, 0.1) is 10.0 Å². The first-order valence-corrected chi connectivity index (χ1v) is 9.66. The molecule has 126 valence electrons. The highest BCUT2D eigenvalue weighted by atomic mass is 127. The van der Waals surface area contributed by atoms with Crippen LogP contribution >= 0.6 is 45.2 Å². The SMILES string of the molecule is NN(/C=C1/C=C(I)C=C(I)C1=O)C(=O)Cc1cccc2ccccc12. The van der Waals surface area contributed by atoms with E-state index in [1.54, 1.807) is 12.2 Å². The molecule has 1 aliphatic rings. The van der Waals surface area contributed by atoms with Crippen molar-refractivity contribution in [3.05, 3.63) is 79.1 Å². The maximum Gasteiger partial charge on any atom is 0.245 e. The van der Waals surface area contributed by atoms with Crippen molar-refractivity contribution < 1.29 is 9.59 Å². The van der Waals surface area contributed by atoms with Crippen LogP contribution < -0.4 is 5.84 Å². The summed E-state index contributed by atoms with van der Waals surface area (Å²) in [5.74, 6) is 5.49. The van der Waals surface area contributed by atoms with Crippen LogP contribution in [0.4, 0.5) is 0 Å². The summed E-state index contributed by atoms with van der Waals surface area (Å²) >= 11 is 4.12. The number of allylic oxidation sites excluding steroid dienone is 5. The van der Waals surface area contributed by atoms with Crippen LogP contribution in [0.25, 0.3) is 10.8 Å². The first kappa shape index (κ1) is 18.3. The van der Waals surface area contributed by atoms with Crippen LogP contribution in [0.3, 0.4) is 0 Å². The number of hydrazine groups is 1. The van der Waals surface area contributed by atoms with Crippen molar-refractivity contribution in [2.24, 2.45) is 5.84 Å². The van der Waals surface area contributed by atoms with E-state index < -0.39 is 0 Å². The van der Waals surface area contributed by atoms with Gasteiger partial charge in [0, 0.05) is 15.4 Å². The number of carbonyl (C=O) groups excluding carboxylic acids is 2. The first-order chi connectivity index (χ1) is 12.0.